The molecule has 2 atom stereocenters. The van der Waals surface area contributed by atoms with E-state index in [0.717, 1.165) is 42.6 Å². The second-order valence-corrected chi connectivity index (χ2v) is 6.43. The average Bonchev–Trinajstić information content (AvgIpc) is 2.46. The molecule has 1 fully saturated rings. The Morgan fingerprint density at radius 3 is 2.90 bits per heavy atom. The first-order valence-electron chi connectivity index (χ1n) is 7.39. The number of hydrogen-bond acceptors (Lipinski definition) is 3. The van der Waals surface area contributed by atoms with Gasteiger partial charge in [-0.05, 0) is 44.4 Å². The lowest BCUT2D eigenvalue weighted by molar-refractivity contribution is -0.00328. The summed E-state index contributed by atoms with van der Waals surface area (Å²) in [5.41, 5.74) is 0.967. The Morgan fingerprint density at radius 2 is 2.20 bits per heavy atom. The third-order valence-electron chi connectivity index (χ3n) is 3.84. The van der Waals surface area contributed by atoms with Crippen LogP contribution in [-0.4, -0.2) is 42.9 Å². The largest absolute Gasteiger partial charge is 0.388 e. The Morgan fingerprint density at radius 1 is 1.40 bits per heavy atom. The van der Waals surface area contributed by atoms with Gasteiger partial charge in [0.25, 0.3) is 0 Å². The first kappa shape index (κ1) is 16.0. The van der Waals surface area contributed by atoms with Crippen molar-refractivity contribution in [3.8, 4) is 0 Å². The minimum absolute atomic E-state index is 0.370. The third kappa shape index (κ3) is 4.85. The van der Waals surface area contributed by atoms with Gasteiger partial charge in [-0.15, -0.1) is 0 Å². The lowest BCUT2D eigenvalue weighted by Gasteiger charge is -2.28. The van der Waals surface area contributed by atoms with E-state index in [1.54, 1.807) is 0 Å². The van der Waals surface area contributed by atoms with Crippen LogP contribution in [-0.2, 0) is 4.74 Å². The molecular weight excluding hydrogens is 318 g/mol. The van der Waals surface area contributed by atoms with Crippen molar-refractivity contribution in [2.75, 3.05) is 26.7 Å². The van der Waals surface area contributed by atoms with Gasteiger partial charge in [-0.3, -0.25) is 0 Å². The van der Waals surface area contributed by atoms with E-state index in [4.69, 9.17) is 4.74 Å². The van der Waals surface area contributed by atoms with Crippen LogP contribution in [0.15, 0.2) is 28.7 Å². The van der Waals surface area contributed by atoms with Crippen molar-refractivity contribution in [3.05, 3.63) is 34.3 Å². The number of hydrogen-bond donors (Lipinski definition) is 1. The molecule has 1 aromatic rings. The Kier molecular flexibility index (Phi) is 6.49. The van der Waals surface area contributed by atoms with Crippen LogP contribution in [0.1, 0.15) is 37.4 Å². The minimum atomic E-state index is -0.416. The number of benzene rings is 1. The van der Waals surface area contributed by atoms with Crippen molar-refractivity contribution in [3.63, 3.8) is 0 Å². The number of aliphatic hydroxyl groups excluding tert-OH is 1. The summed E-state index contributed by atoms with van der Waals surface area (Å²) in [7, 11) is 2.10. The first-order valence-corrected chi connectivity index (χ1v) is 8.18. The number of nitrogens with zero attached hydrogens (tertiary/aromatic N) is 1. The third-order valence-corrected chi connectivity index (χ3v) is 4.56. The second kappa shape index (κ2) is 8.13. The van der Waals surface area contributed by atoms with Gasteiger partial charge in [0.15, 0.2) is 0 Å². The van der Waals surface area contributed by atoms with E-state index >= 15 is 0 Å². The van der Waals surface area contributed by atoms with Crippen LogP contribution in [0.4, 0.5) is 0 Å². The molecule has 1 N–H and O–H groups in total. The molecule has 0 amide bonds. The highest BCUT2D eigenvalue weighted by Gasteiger charge is 2.17. The van der Waals surface area contributed by atoms with Crippen molar-refractivity contribution in [1.82, 2.24) is 4.90 Å². The molecule has 4 heteroatoms. The molecule has 2 unspecified atom stereocenters. The quantitative estimate of drug-likeness (QED) is 0.860. The fraction of sp³-hybridized carbons (Fsp3) is 0.625. The van der Waals surface area contributed by atoms with E-state index in [1.165, 1.54) is 12.8 Å². The van der Waals surface area contributed by atoms with E-state index in [0.29, 0.717) is 6.10 Å². The SMILES string of the molecule is CN(CCC(O)c1ccccc1Br)CC1CCCCO1. The molecule has 3 nitrogen and oxygen atoms in total. The monoisotopic (exact) mass is 341 g/mol. The lowest BCUT2D eigenvalue weighted by Crippen LogP contribution is -2.34. The summed E-state index contributed by atoms with van der Waals surface area (Å²) in [6, 6.07) is 7.87. The number of halogens is 1. The maximum absolute atomic E-state index is 10.3. The predicted molar refractivity (Wildman–Crippen MR) is 84.8 cm³/mol. The van der Waals surface area contributed by atoms with Gasteiger partial charge in [0, 0.05) is 24.2 Å². The zero-order chi connectivity index (χ0) is 14.4. The van der Waals surface area contributed by atoms with Gasteiger partial charge in [0.2, 0.25) is 0 Å². The summed E-state index contributed by atoms with van der Waals surface area (Å²) in [5, 5.41) is 10.3. The fourth-order valence-corrected chi connectivity index (χ4v) is 3.18. The average molecular weight is 342 g/mol. The first-order chi connectivity index (χ1) is 9.66. The molecule has 20 heavy (non-hydrogen) atoms. The van der Waals surface area contributed by atoms with Gasteiger partial charge >= 0.3 is 0 Å². The van der Waals surface area contributed by atoms with Crippen LogP contribution in [0.3, 0.4) is 0 Å². The zero-order valence-electron chi connectivity index (χ0n) is 12.1. The van der Waals surface area contributed by atoms with Gasteiger partial charge in [0.05, 0.1) is 12.2 Å². The van der Waals surface area contributed by atoms with Gasteiger partial charge in [-0.1, -0.05) is 34.1 Å². The standard InChI is InChI=1S/C16H24BrNO2/c1-18(12-13-6-4-5-11-20-13)10-9-16(19)14-7-2-3-8-15(14)17/h2-3,7-8,13,16,19H,4-6,9-12H2,1H3. The Bertz CT molecular complexity index is 407. The van der Waals surface area contributed by atoms with Crippen LogP contribution < -0.4 is 0 Å². The summed E-state index contributed by atoms with van der Waals surface area (Å²) >= 11 is 3.49. The number of likely N-dealkylation sites (N-methyl/N-ethyl adjacent to an activating group) is 1. The van der Waals surface area contributed by atoms with E-state index in [1.807, 2.05) is 24.3 Å². The van der Waals surface area contributed by atoms with Crippen molar-refractivity contribution < 1.29 is 9.84 Å². The van der Waals surface area contributed by atoms with Crippen molar-refractivity contribution in [1.29, 1.82) is 0 Å². The fourth-order valence-electron chi connectivity index (χ4n) is 2.63. The highest BCUT2D eigenvalue weighted by Crippen LogP contribution is 2.25. The lowest BCUT2D eigenvalue weighted by atomic mass is 10.1. The van der Waals surface area contributed by atoms with Crippen LogP contribution in [0.25, 0.3) is 0 Å². The van der Waals surface area contributed by atoms with Gasteiger partial charge in [-0.25, -0.2) is 0 Å². The summed E-state index contributed by atoms with van der Waals surface area (Å²) in [4.78, 5) is 2.26. The topological polar surface area (TPSA) is 32.7 Å². The molecule has 0 bridgehead atoms. The van der Waals surface area contributed by atoms with E-state index in [-0.39, 0.29) is 0 Å². The zero-order valence-corrected chi connectivity index (χ0v) is 13.7. The van der Waals surface area contributed by atoms with Crippen molar-refractivity contribution in [2.24, 2.45) is 0 Å². The predicted octanol–water partition coefficient (Wildman–Crippen LogP) is 3.37. The van der Waals surface area contributed by atoms with Crippen molar-refractivity contribution in [2.45, 2.75) is 37.9 Å². The van der Waals surface area contributed by atoms with Crippen LogP contribution in [0, 0.1) is 0 Å². The van der Waals surface area contributed by atoms with E-state index in [2.05, 4.69) is 27.9 Å². The van der Waals surface area contributed by atoms with E-state index < -0.39 is 6.10 Å². The van der Waals surface area contributed by atoms with Gasteiger partial charge in [0.1, 0.15) is 0 Å². The van der Waals surface area contributed by atoms with Gasteiger partial charge in [-0.2, -0.15) is 0 Å². The molecule has 0 aliphatic carbocycles. The molecule has 0 aromatic heterocycles. The maximum atomic E-state index is 10.3. The molecule has 2 rings (SSSR count). The Balaban J connectivity index is 1.75. The second-order valence-electron chi connectivity index (χ2n) is 5.58. The van der Waals surface area contributed by atoms with E-state index in [9.17, 15) is 5.11 Å². The summed E-state index contributed by atoms with van der Waals surface area (Å²) < 4.78 is 6.73. The molecule has 1 saturated heterocycles. The maximum Gasteiger partial charge on any atom is 0.0813 e. The molecule has 1 aromatic carbocycles. The molecule has 1 aliphatic rings. The summed E-state index contributed by atoms with van der Waals surface area (Å²) in [6.45, 7) is 2.74. The molecule has 1 aliphatic heterocycles. The highest BCUT2D eigenvalue weighted by atomic mass is 79.9. The summed E-state index contributed by atoms with van der Waals surface area (Å²) in [6.07, 6.45) is 4.33. The number of aliphatic hydroxyl groups is 1. The smallest absolute Gasteiger partial charge is 0.0813 e. The number of rotatable bonds is 6. The minimum Gasteiger partial charge on any atom is -0.388 e. The van der Waals surface area contributed by atoms with Crippen LogP contribution >= 0.6 is 15.9 Å². The molecule has 0 spiro atoms. The Hall–Kier alpha value is -0.420. The molecular formula is C16H24BrNO2. The summed E-state index contributed by atoms with van der Waals surface area (Å²) in [5.74, 6) is 0. The van der Waals surface area contributed by atoms with Crippen LogP contribution in [0.5, 0.6) is 0 Å². The highest BCUT2D eigenvalue weighted by molar-refractivity contribution is 9.10. The molecule has 0 radical (unpaired) electrons. The molecule has 112 valence electrons. The molecule has 0 saturated carbocycles. The van der Waals surface area contributed by atoms with Crippen LogP contribution in [0.2, 0.25) is 0 Å². The normalized spacial score (nSPS) is 21.1. The Labute approximate surface area is 130 Å². The number of ether oxygens (including phenoxy) is 1. The van der Waals surface area contributed by atoms with Gasteiger partial charge < -0.3 is 14.7 Å². The van der Waals surface area contributed by atoms with Crippen molar-refractivity contribution >= 4 is 15.9 Å². The molecule has 1 heterocycles.